The van der Waals surface area contributed by atoms with Crippen molar-refractivity contribution in [3.8, 4) is 5.75 Å². The van der Waals surface area contributed by atoms with Crippen molar-refractivity contribution in [2.24, 2.45) is 0 Å². The van der Waals surface area contributed by atoms with E-state index in [9.17, 15) is 13.2 Å². The Morgan fingerprint density at radius 2 is 1.87 bits per heavy atom. The molecule has 0 aliphatic heterocycles. The Kier molecular flexibility index (Phi) is 5.12. The van der Waals surface area contributed by atoms with Crippen molar-refractivity contribution in [1.82, 2.24) is 0 Å². The summed E-state index contributed by atoms with van der Waals surface area (Å²) < 4.78 is 32.2. The summed E-state index contributed by atoms with van der Waals surface area (Å²) in [5.41, 5.74) is 0.873. The summed E-state index contributed by atoms with van der Waals surface area (Å²) in [6.45, 7) is 0. The highest BCUT2D eigenvalue weighted by Crippen LogP contribution is 2.27. The van der Waals surface area contributed by atoms with Crippen LogP contribution in [0.4, 0.5) is 5.69 Å². The van der Waals surface area contributed by atoms with Crippen LogP contribution in [-0.4, -0.2) is 26.6 Å². The molecule has 0 radical (unpaired) electrons. The lowest BCUT2D eigenvalue weighted by Gasteiger charge is -2.11. The lowest BCUT2D eigenvalue weighted by atomic mass is 10.1. The zero-order valence-electron chi connectivity index (χ0n) is 12.1. The maximum Gasteiger partial charge on any atom is 0.307 e. The van der Waals surface area contributed by atoms with Crippen LogP contribution < -0.4 is 9.46 Å². The van der Waals surface area contributed by atoms with Gasteiger partial charge in [-0.25, -0.2) is 8.42 Å². The first kappa shape index (κ1) is 17.1. The van der Waals surface area contributed by atoms with Gasteiger partial charge in [0.2, 0.25) is 0 Å². The number of nitrogens with one attached hydrogen (secondary N) is 1. The number of sulfonamides is 1. The monoisotopic (exact) mass is 355 g/mol. The van der Waals surface area contributed by atoms with Gasteiger partial charge in [0, 0.05) is 11.8 Å². The van der Waals surface area contributed by atoms with Crippen LogP contribution in [0.5, 0.6) is 5.75 Å². The maximum absolute atomic E-state index is 12.4. The number of aliphatic carboxylic acids is 1. The molecule has 0 bridgehead atoms. The van der Waals surface area contributed by atoms with E-state index in [4.69, 9.17) is 21.4 Å². The molecule has 0 spiro atoms. The average molecular weight is 356 g/mol. The molecule has 122 valence electrons. The Bertz CT molecular complexity index is 818. The maximum atomic E-state index is 12.4. The Hall–Kier alpha value is -2.25. The fraction of sp³-hybridized carbons (Fsp3) is 0.133. The van der Waals surface area contributed by atoms with Gasteiger partial charge in [0.1, 0.15) is 10.6 Å². The van der Waals surface area contributed by atoms with Gasteiger partial charge in [-0.05, 0) is 29.8 Å². The third-order valence-corrected chi connectivity index (χ3v) is 4.85. The standard InChI is InChI=1S/C15H14ClNO5S/c1-22-12-6-7-13(16)14(9-12)23(20,21)17-11-4-2-10(3-5-11)8-15(18)19/h2-7,9,17H,8H2,1H3,(H,18,19). The molecule has 0 aromatic heterocycles. The highest BCUT2D eigenvalue weighted by Gasteiger charge is 2.19. The topological polar surface area (TPSA) is 92.7 Å². The summed E-state index contributed by atoms with van der Waals surface area (Å²) in [5, 5.41) is 8.78. The molecule has 6 nitrogen and oxygen atoms in total. The van der Waals surface area contributed by atoms with Crippen LogP contribution in [0, 0.1) is 0 Å². The van der Waals surface area contributed by atoms with Crippen molar-refractivity contribution < 1.29 is 23.1 Å². The number of rotatable bonds is 6. The van der Waals surface area contributed by atoms with Crippen molar-refractivity contribution in [1.29, 1.82) is 0 Å². The second-order valence-electron chi connectivity index (χ2n) is 4.67. The number of ether oxygens (including phenoxy) is 1. The predicted molar refractivity (Wildman–Crippen MR) is 86.6 cm³/mol. The zero-order valence-corrected chi connectivity index (χ0v) is 13.7. The number of carboxylic acid groups (broad SMARTS) is 1. The molecule has 2 aromatic rings. The van der Waals surface area contributed by atoms with E-state index in [0.717, 1.165) is 0 Å². The van der Waals surface area contributed by atoms with Crippen molar-refractivity contribution >= 4 is 33.3 Å². The minimum Gasteiger partial charge on any atom is -0.497 e. The molecule has 2 N–H and O–H groups in total. The second-order valence-corrected chi connectivity index (χ2v) is 6.73. The third-order valence-electron chi connectivity index (χ3n) is 2.99. The normalized spacial score (nSPS) is 11.0. The Labute approximate surface area is 138 Å². The minimum absolute atomic E-state index is 0.0702. The molecule has 0 saturated heterocycles. The molecule has 2 rings (SSSR count). The molecule has 0 heterocycles. The molecule has 23 heavy (non-hydrogen) atoms. The van der Waals surface area contributed by atoms with Gasteiger partial charge in [-0.2, -0.15) is 0 Å². The quantitative estimate of drug-likeness (QED) is 0.831. The number of benzene rings is 2. The molecule has 0 saturated carbocycles. The molecular formula is C15H14ClNO5S. The fourth-order valence-corrected chi connectivity index (χ4v) is 3.47. The number of halogens is 1. The molecular weight excluding hydrogens is 342 g/mol. The summed E-state index contributed by atoms with van der Waals surface area (Å²) in [5.74, 6) is -0.590. The minimum atomic E-state index is -3.89. The molecule has 0 amide bonds. The van der Waals surface area contributed by atoms with E-state index in [1.165, 1.54) is 31.4 Å². The smallest absolute Gasteiger partial charge is 0.307 e. The SMILES string of the molecule is COc1ccc(Cl)c(S(=O)(=O)Nc2ccc(CC(=O)O)cc2)c1. The molecule has 0 aliphatic rings. The van der Waals surface area contributed by atoms with E-state index in [1.807, 2.05) is 0 Å². The first-order valence-electron chi connectivity index (χ1n) is 6.49. The third kappa shape index (κ3) is 4.37. The van der Waals surface area contributed by atoms with E-state index >= 15 is 0 Å². The van der Waals surface area contributed by atoms with E-state index in [-0.39, 0.29) is 16.3 Å². The van der Waals surface area contributed by atoms with Gasteiger partial charge in [-0.3, -0.25) is 9.52 Å². The van der Waals surface area contributed by atoms with E-state index in [1.54, 1.807) is 18.2 Å². The molecule has 0 fully saturated rings. The van der Waals surface area contributed by atoms with Crippen LogP contribution in [0.3, 0.4) is 0 Å². The van der Waals surface area contributed by atoms with Gasteiger partial charge in [-0.1, -0.05) is 23.7 Å². The molecule has 0 aliphatic carbocycles. The van der Waals surface area contributed by atoms with Gasteiger partial charge in [0.05, 0.1) is 18.6 Å². The Morgan fingerprint density at radius 1 is 1.22 bits per heavy atom. The Balaban J connectivity index is 2.26. The molecule has 0 atom stereocenters. The molecule has 0 unspecified atom stereocenters. The van der Waals surface area contributed by atoms with Crippen molar-refractivity contribution in [2.45, 2.75) is 11.3 Å². The molecule has 8 heteroatoms. The van der Waals surface area contributed by atoms with Crippen LogP contribution in [0.15, 0.2) is 47.4 Å². The number of methoxy groups -OCH3 is 1. The van der Waals surface area contributed by atoms with E-state index in [2.05, 4.69) is 4.72 Å². The van der Waals surface area contributed by atoms with Gasteiger partial charge in [-0.15, -0.1) is 0 Å². The lowest BCUT2D eigenvalue weighted by Crippen LogP contribution is -2.13. The van der Waals surface area contributed by atoms with Crippen LogP contribution >= 0.6 is 11.6 Å². The summed E-state index contributed by atoms with van der Waals surface area (Å²) >= 11 is 5.95. The number of carbonyl (C=O) groups is 1. The van der Waals surface area contributed by atoms with Crippen molar-refractivity contribution in [3.63, 3.8) is 0 Å². The largest absolute Gasteiger partial charge is 0.497 e. The number of carboxylic acids is 1. The summed E-state index contributed by atoms with van der Waals surface area (Å²) in [7, 11) is -2.47. The van der Waals surface area contributed by atoms with Crippen LogP contribution in [0.25, 0.3) is 0 Å². The number of hydrogen-bond acceptors (Lipinski definition) is 4. The van der Waals surface area contributed by atoms with Crippen LogP contribution in [0.2, 0.25) is 5.02 Å². The first-order valence-corrected chi connectivity index (χ1v) is 8.35. The highest BCUT2D eigenvalue weighted by molar-refractivity contribution is 7.92. The summed E-state index contributed by atoms with van der Waals surface area (Å²) in [6, 6.07) is 10.4. The summed E-state index contributed by atoms with van der Waals surface area (Å²) in [4.78, 5) is 10.5. The average Bonchev–Trinajstić information content (AvgIpc) is 2.49. The van der Waals surface area contributed by atoms with Gasteiger partial charge >= 0.3 is 5.97 Å². The van der Waals surface area contributed by atoms with E-state index < -0.39 is 16.0 Å². The first-order chi connectivity index (χ1) is 10.8. The van der Waals surface area contributed by atoms with Crippen molar-refractivity contribution in [3.05, 3.63) is 53.1 Å². The fourth-order valence-electron chi connectivity index (χ4n) is 1.89. The highest BCUT2D eigenvalue weighted by atomic mass is 35.5. The zero-order chi connectivity index (χ0) is 17.0. The van der Waals surface area contributed by atoms with Gasteiger partial charge in [0.15, 0.2) is 0 Å². The van der Waals surface area contributed by atoms with E-state index in [0.29, 0.717) is 17.0 Å². The molecule has 2 aromatic carbocycles. The van der Waals surface area contributed by atoms with Crippen LogP contribution in [-0.2, 0) is 21.2 Å². The summed E-state index contributed by atoms with van der Waals surface area (Å²) in [6.07, 6.45) is -0.130. The second kappa shape index (κ2) is 6.89. The van der Waals surface area contributed by atoms with Crippen LogP contribution in [0.1, 0.15) is 5.56 Å². The van der Waals surface area contributed by atoms with Gasteiger partial charge in [0.25, 0.3) is 10.0 Å². The van der Waals surface area contributed by atoms with Gasteiger partial charge < -0.3 is 9.84 Å². The number of anilines is 1. The Morgan fingerprint density at radius 3 is 2.43 bits per heavy atom. The van der Waals surface area contributed by atoms with Crippen molar-refractivity contribution in [2.75, 3.05) is 11.8 Å². The lowest BCUT2D eigenvalue weighted by molar-refractivity contribution is -0.136. The number of hydrogen-bond donors (Lipinski definition) is 2. The predicted octanol–water partition coefficient (Wildman–Crippen LogP) is 2.78.